The van der Waals surface area contributed by atoms with Gasteiger partial charge in [0.2, 0.25) is 11.8 Å². The van der Waals surface area contributed by atoms with Crippen molar-refractivity contribution in [3.63, 3.8) is 0 Å². The minimum atomic E-state index is -0.925. The molecule has 1 heterocycles. The van der Waals surface area contributed by atoms with Gasteiger partial charge in [-0.15, -0.1) is 0 Å². The molecule has 1 fully saturated rings. The van der Waals surface area contributed by atoms with Crippen LogP contribution in [-0.4, -0.2) is 23.5 Å². The highest BCUT2D eigenvalue weighted by atomic mass is 79.9. The van der Waals surface area contributed by atoms with Crippen LogP contribution < -0.4 is 4.90 Å². The Balaban J connectivity index is 1.64. The molecule has 2 amide bonds. The first-order chi connectivity index (χ1) is 15.0. The van der Waals surface area contributed by atoms with Gasteiger partial charge in [-0.05, 0) is 62.8 Å². The highest BCUT2D eigenvalue weighted by Crippen LogP contribution is 2.64. The zero-order chi connectivity index (χ0) is 21.5. The van der Waals surface area contributed by atoms with Crippen LogP contribution in [0.2, 0.25) is 0 Å². The quantitative estimate of drug-likeness (QED) is 0.564. The lowest BCUT2D eigenvalue weighted by molar-refractivity contribution is -0.124. The molecule has 1 saturated heterocycles. The van der Waals surface area contributed by atoms with Crippen molar-refractivity contribution in [3.8, 4) is 0 Å². The van der Waals surface area contributed by atoms with Gasteiger partial charge < -0.3 is 5.11 Å². The fourth-order valence-electron chi connectivity index (χ4n) is 6.23. The molecule has 0 unspecified atom stereocenters. The maximum absolute atomic E-state index is 13.9. The average Bonchev–Trinajstić information content (AvgIpc) is 3.05. The van der Waals surface area contributed by atoms with E-state index in [-0.39, 0.29) is 24.3 Å². The minimum Gasteiger partial charge on any atom is -0.395 e. The Kier molecular flexibility index (Phi) is 3.90. The van der Waals surface area contributed by atoms with E-state index in [0.29, 0.717) is 10.2 Å². The molecule has 31 heavy (non-hydrogen) atoms. The maximum atomic E-state index is 13.9. The van der Waals surface area contributed by atoms with E-state index in [1.54, 1.807) is 0 Å². The van der Waals surface area contributed by atoms with E-state index >= 15 is 0 Å². The van der Waals surface area contributed by atoms with E-state index in [1.807, 2.05) is 73.7 Å². The molecule has 0 saturated carbocycles. The van der Waals surface area contributed by atoms with Crippen molar-refractivity contribution in [1.29, 1.82) is 0 Å². The second kappa shape index (κ2) is 6.38. The third kappa shape index (κ3) is 2.18. The number of halogens is 1. The van der Waals surface area contributed by atoms with E-state index < -0.39 is 17.3 Å². The highest BCUT2D eigenvalue weighted by Gasteiger charge is 2.68. The number of anilines is 1. The standard InChI is InChI=1S/C26H20BrNO3/c1-14-10-11-20(19(27)12-14)28-24(30)22-21-15-6-2-4-8-17(15)26(13-29,23(22)25(28)31)18-9-5-3-7-16(18)21/h2-12,21-23,29H,13H2,1H3/t21?,22-,23-,26?/m0/s1. The molecule has 3 aromatic carbocycles. The Morgan fingerprint density at radius 1 is 0.935 bits per heavy atom. The van der Waals surface area contributed by atoms with Crippen LogP contribution in [0.4, 0.5) is 5.69 Å². The van der Waals surface area contributed by atoms with Crippen LogP contribution in [0.5, 0.6) is 0 Å². The number of hydrogen-bond donors (Lipinski definition) is 1. The summed E-state index contributed by atoms with van der Waals surface area (Å²) in [6.45, 7) is 1.74. The van der Waals surface area contributed by atoms with E-state index in [1.165, 1.54) is 4.90 Å². The molecule has 0 radical (unpaired) electrons. The lowest BCUT2D eigenvalue weighted by Crippen LogP contribution is -2.55. The molecule has 1 aliphatic heterocycles. The van der Waals surface area contributed by atoms with Gasteiger partial charge in [0.25, 0.3) is 0 Å². The first kappa shape index (κ1) is 19.0. The van der Waals surface area contributed by atoms with Crippen molar-refractivity contribution in [2.24, 2.45) is 11.8 Å². The number of benzene rings is 3. The molecule has 154 valence electrons. The number of rotatable bonds is 2. The van der Waals surface area contributed by atoms with Crippen LogP contribution >= 0.6 is 15.9 Å². The van der Waals surface area contributed by atoms with Gasteiger partial charge in [0.05, 0.1) is 29.5 Å². The fourth-order valence-corrected chi connectivity index (χ4v) is 6.90. The number of hydrogen-bond acceptors (Lipinski definition) is 3. The summed E-state index contributed by atoms with van der Waals surface area (Å²) in [6, 6.07) is 21.6. The van der Waals surface area contributed by atoms with Crippen molar-refractivity contribution in [2.75, 3.05) is 11.5 Å². The van der Waals surface area contributed by atoms with Gasteiger partial charge in [-0.1, -0.05) is 54.6 Å². The number of carbonyl (C=O) groups is 2. The number of nitrogens with zero attached hydrogens (tertiary/aromatic N) is 1. The van der Waals surface area contributed by atoms with Crippen molar-refractivity contribution in [1.82, 2.24) is 0 Å². The van der Waals surface area contributed by atoms with Gasteiger partial charge in [-0.25, -0.2) is 4.90 Å². The smallest absolute Gasteiger partial charge is 0.239 e. The molecule has 2 bridgehead atoms. The summed E-state index contributed by atoms with van der Waals surface area (Å²) in [6.07, 6.45) is 0. The van der Waals surface area contributed by atoms with Crippen molar-refractivity contribution >= 4 is 33.4 Å². The molecular formula is C26H20BrNO3. The molecule has 2 atom stereocenters. The first-order valence-corrected chi connectivity index (χ1v) is 11.2. The van der Waals surface area contributed by atoms with Gasteiger partial charge >= 0.3 is 0 Å². The second-order valence-electron chi connectivity index (χ2n) is 8.75. The number of imide groups is 1. The Bertz CT molecular complexity index is 1240. The first-order valence-electron chi connectivity index (χ1n) is 10.4. The van der Waals surface area contributed by atoms with Gasteiger partial charge in [-0.3, -0.25) is 9.59 Å². The molecule has 5 heteroatoms. The topological polar surface area (TPSA) is 57.6 Å². The molecule has 1 N–H and O–H groups in total. The number of aliphatic hydroxyl groups is 1. The maximum Gasteiger partial charge on any atom is 0.239 e. The summed E-state index contributed by atoms with van der Waals surface area (Å²) in [7, 11) is 0. The lowest BCUT2D eigenvalue weighted by atomic mass is 9.47. The predicted octanol–water partition coefficient (Wildman–Crippen LogP) is 4.30. The van der Waals surface area contributed by atoms with Gasteiger partial charge in [0.15, 0.2) is 0 Å². The summed E-state index contributed by atoms with van der Waals surface area (Å²) < 4.78 is 0.716. The zero-order valence-electron chi connectivity index (χ0n) is 16.9. The van der Waals surface area contributed by atoms with Gasteiger partial charge in [-0.2, -0.15) is 0 Å². The summed E-state index contributed by atoms with van der Waals surface area (Å²) in [4.78, 5) is 29.1. The largest absolute Gasteiger partial charge is 0.395 e. The number of aryl methyl sites for hydroxylation is 1. The summed E-state index contributed by atoms with van der Waals surface area (Å²) >= 11 is 3.55. The van der Waals surface area contributed by atoms with E-state index in [4.69, 9.17) is 0 Å². The summed E-state index contributed by atoms with van der Waals surface area (Å²) in [5.74, 6) is -1.78. The molecule has 0 spiro atoms. The molecule has 4 nitrogen and oxygen atoms in total. The van der Waals surface area contributed by atoms with Crippen LogP contribution in [0.1, 0.15) is 33.7 Å². The molecular weight excluding hydrogens is 454 g/mol. The third-order valence-electron chi connectivity index (χ3n) is 7.39. The van der Waals surface area contributed by atoms with Crippen LogP contribution in [0.15, 0.2) is 71.2 Å². The molecule has 0 aromatic heterocycles. The molecule has 7 rings (SSSR count). The van der Waals surface area contributed by atoms with Crippen LogP contribution in [0, 0.1) is 18.8 Å². The average molecular weight is 474 g/mol. The number of amides is 2. The van der Waals surface area contributed by atoms with Crippen molar-refractivity contribution in [3.05, 3.63) is 99.0 Å². The van der Waals surface area contributed by atoms with E-state index in [0.717, 1.165) is 27.8 Å². The Morgan fingerprint density at radius 3 is 2.13 bits per heavy atom. The molecule has 3 aliphatic carbocycles. The van der Waals surface area contributed by atoms with Crippen LogP contribution in [0.25, 0.3) is 0 Å². The SMILES string of the molecule is Cc1ccc(N2C(=O)[C@@H]3[C@@H](C2=O)C2c4ccccc4C3(CO)c3ccccc32)c(Br)c1. The van der Waals surface area contributed by atoms with E-state index in [2.05, 4.69) is 15.9 Å². The Hall–Kier alpha value is -2.76. The van der Waals surface area contributed by atoms with Crippen molar-refractivity contribution < 1.29 is 14.7 Å². The Morgan fingerprint density at radius 2 is 1.55 bits per heavy atom. The number of aliphatic hydroxyl groups excluding tert-OH is 1. The molecule has 3 aromatic rings. The minimum absolute atomic E-state index is 0.189. The lowest BCUT2D eigenvalue weighted by Gasteiger charge is -2.53. The highest BCUT2D eigenvalue weighted by molar-refractivity contribution is 9.10. The van der Waals surface area contributed by atoms with Crippen molar-refractivity contribution in [2.45, 2.75) is 18.3 Å². The predicted molar refractivity (Wildman–Crippen MR) is 121 cm³/mol. The van der Waals surface area contributed by atoms with Crippen LogP contribution in [-0.2, 0) is 15.0 Å². The third-order valence-corrected chi connectivity index (χ3v) is 8.02. The van der Waals surface area contributed by atoms with E-state index in [9.17, 15) is 14.7 Å². The van der Waals surface area contributed by atoms with Gasteiger partial charge in [0, 0.05) is 10.4 Å². The Labute approximate surface area is 188 Å². The van der Waals surface area contributed by atoms with Crippen LogP contribution in [0.3, 0.4) is 0 Å². The number of carbonyl (C=O) groups excluding carboxylic acids is 2. The second-order valence-corrected chi connectivity index (χ2v) is 9.61. The van der Waals surface area contributed by atoms with Gasteiger partial charge in [0.1, 0.15) is 0 Å². The normalized spacial score (nSPS) is 27.8. The zero-order valence-corrected chi connectivity index (χ0v) is 18.5. The molecule has 4 aliphatic rings. The summed E-state index contributed by atoms with van der Waals surface area (Å²) in [5.41, 5.74) is 4.70. The summed E-state index contributed by atoms with van der Waals surface area (Å²) in [5, 5.41) is 10.9. The fraction of sp³-hybridized carbons (Fsp3) is 0.231. The monoisotopic (exact) mass is 473 g/mol.